The molecule has 0 atom stereocenters. The maximum absolute atomic E-state index is 13.2. The van der Waals surface area contributed by atoms with Crippen molar-refractivity contribution in [3.63, 3.8) is 0 Å². The summed E-state index contributed by atoms with van der Waals surface area (Å²) in [6, 6.07) is 15.1. The highest BCUT2D eigenvalue weighted by Crippen LogP contribution is 2.43. The first kappa shape index (κ1) is 23.6. The number of ether oxygens (including phenoxy) is 6. The minimum Gasteiger partial charge on any atom is -0.497 e. The average molecular weight is 490 g/mol. The van der Waals surface area contributed by atoms with Gasteiger partial charge >= 0.3 is 0 Å². The van der Waals surface area contributed by atoms with Gasteiger partial charge in [0.25, 0.3) is 0 Å². The van der Waals surface area contributed by atoms with Crippen molar-refractivity contribution in [2.75, 3.05) is 35.2 Å². The number of hydrogen-bond donors (Lipinski definition) is 0. The van der Waals surface area contributed by atoms with E-state index in [2.05, 4.69) is 4.90 Å². The Balaban J connectivity index is 1.43. The van der Waals surface area contributed by atoms with Crippen LogP contribution in [0.5, 0.6) is 34.5 Å². The standard InChI is InChI=1S/C28H27NO7/c1-31-19-7-5-6-17(10-19)14-29-15-21-22(35-16-29)9-8-20-26(30)23(36-27(20)21)11-18-12-24(32-2)28(34-4)25(13-18)33-3/h5-13H,14-16H2,1-4H3. The van der Waals surface area contributed by atoms with Crippen LogP contribution in [0.15, 0.2) is 54.3 Å². The number of Topliss-reactive ketones (excluding diaryl/α,β-unsaturated/α-hetero) is 1. The first-order valence-electron chi connectivity index (χ1n) is 11.4. The number of rotatable bonds is 7. The number of carbonyl (C=O) groups is 1. The molecule has 0 aromatic heterocycles. The summed E-state index contributed by atoms with van der Waals surface area (Å²) in [7, 11) is 6.29. The molecule has 186 valence electrons. The van der Waals surface area contributed by atoms with Gasteiger partial charge in [0.2, 0.25) is 11.5 Å². The van der Waals surface area contributed by atoms with Gasteiger partial charge in [0.05, 0.1) is 39.6 Å². The van der Waals surface area contributed by atoms with Gasteiger partial charge in [0.15, 0.2) is 17.3 Å². The molecule has 8 nitrogen and oxygen atoms in total. The summed E-state index contributed by atoms with van der Waals surface area (Å²) < 4.78 is 33.7. The summed E-state index contributed by atoms with van der Waals surface area (Å²) in [5.74, 6) is 3.55. The van der Waals surface area contributed by atoms with Crippen LogP contribution in [-0.4, -0.2) is 45.9 Å². The summed E-state index contributed by atoms with van der Waals surface area (Å²) in [5, 5.41) is 0. The molecule has 2 aliphatic rings. The van der Waals surface area contributed by atoms with Crippen molar-refractivity contribution in [2.45, 2.75) is 13.1 Å². The van der Waals surface area contributed by atoms with Gasteiger partial charge in [-0.2, -0.15) is 0 Å². The Kier molecular flexibility index (Phi) is 6.43. The van der Waals surface area contributed by atoms with E-state index in [4.69, 9.17) is 28.4 Å². The van der Waals surface area contributed by atoms with E-state index in [1.165, 1.54) is 0 Å². The van der Waals surface area contributed by atoms with E-state index in [0.717, 1.165) is 22.6 Å². The molecule has 2 aliphatic heterocycles. The predicted octanol–water partition coefficient (Wildman–Crippen LogP) is 4.69. The van der Waals surface area contributed by atoms with Crippen molar-refractivity contribution in [2.24, 2.45) is 0 Å². The SMILES string of the molecule is COc1cccc(CN2COc3ccc4c(c3C2)OC(=Cc2cc(OC)c(OC)c(OC)c2)C4=O)c1. The van der Waals surface area contributed by atoms with Crippen LogP contribution in [-0.2, 0) is 13.1 Å². The molecule has 0 aliphatic carbocycles. The second-order valence-corrected chi connectivity index (χ2v) is 8.43. The van der Waals surface area contributed by atoms with Gasteiger partial charge in [-0.05, 0) is 53.6 Å². The van der Waals surface area contributed by atoms with Crippen LogP contribution in [0.2, 0.25) is 0 Å². The Hall–Kier alpha value is -4.17. The molecule has 0 amide bonds. The first-order chi connectivity index (χ1) is 17.5. The minimum atomic E-state index is -0.188. The Labute approximate surface area is 209 Å². The third kappa shape index (κ3) is 4.31. The zero-order chi connectivity index (χ0) is 25.2. The van der Waals surface area contributed by atoms with Crippen LogP contribution in [0.25, 0.3) is 6.08 Å². The molecule has 0 fully saturated rings. The van der Waals surface area contributed by atoms with E-state index >= 15 is 0 Å². The van der Waals surface area contributed by atoms with E-state index in [1.54, 1.807) is 52.7 Å². The van der Waals surface area contributed by atoms with Crippen molar-refractivity contribution in [1.29, 1.82) is 0 Å². The Bertz CT molecular complexity index is 1320. The van der Waals surface area contributed by atoms with Gasteiger partial charge in [-0.25, -0.2) is 0 Å². The zero-order valence-electron chi connectivity index (χ0n) is 20.6. The molecular formula is C28H27NO7. The van der Waals surface area contributed by atoms with Crippen LogP contribution < -0.4 is 28.4 Å². The molecule has 0 unspecified atom stereocenters. The number of hydrogen-bond acceptors (Lipinski definition) is 8. The number of ketones is 1. The molecule has 0 saturated carbocycles. The lowest BCUT2D eigenvalue weighted by Gasteiger charge is -2.29. The highest BCUT2D eigenvalue weighted by atomic mass is 16.5. The molecule has 5 rings (SSSR count). The van der Waals surface area contributed by atoms with Crippen molar-refractivity contribution >= 4 is 11.9 Å². The average Bonchev–Trinajstić information content (AvgIpc) is 3.23. The summed E-state index contributed by atoms with van der Waals surface area (Å²) >= 11 is 0. The quantitative estimate of drug-likeness (QED) is 0.443. The van der Waals surface area contributed by atoms with E-state index in [-0.39, 0.29) is 11.5 Å². The predicted molar refractivity (Wildman–Crippen MR) is 133 cm³/mol. The number of benzene rings is 3. The number of methoxy groups -OCH3 is 4. The maximum atomic E-state index is 13.2. The number of nitrogens with zero attached hydrogens (tertiary/aromatic N) is 1. The molecule has 3 aromatic carbocycles. The van der Waals surface area contributed by atoms with Gasteiger partial charge in [-0.1, -0.05) is 12.1 Å². The summed E-state index contributed by atoms with van der Waals surface area (Å²) in [6.45, 7) is 1.69. The van der Waals surface area contributed by atoms with Gasteiger partial charge in [-0.15, -0.1) is 0 Å². The van der Waals surface area contributed by atoms with Crippen LogP contribution in [0.3, 0.4) is 0 Å². The molecule has 8 heteroatoms. The van der Waals surface area contributed by atoms with E-state index in [9.17, 15) is 4.79 Å². The minimum absolute atomic E-state index is 0.188. The number of allylic oxidation sites excluding steroid dienone is 1. The second kappa shape index (κ2) is 9.83. The molecule has 0 N–H and O–H groups in total. The maximum Gasteiger partial charge on any atom is 0.231 e. The van der Waals surface area contributed by atoms with E-state index < -0.39 is 0 Å². The zero-order valence-corrected chi connectivity index (χ0v) is 20.6. The third-order valence-electron chi connectivity index (χ3n) is 6.21. The fourth-order valence-electron chi connectivity index (χ4n) is 4.47. The monoisotopic (exact) mass is 489 g/mol. The highest BCUT2D eigenvalue weighted by molar-refractivity contribution is 6.15. The van der Waals surface area contributed by atoms with Crippen LogP contribution in [0.1, 0.15) is 27.0 Å². The molecule has 3 aromatic rings. The fraction of sp³-hybridized carbons (Fsp3) is 0.250. The fourth-order valence-corrected chi connectivity index (χ4v) is 4.47. The van der Waals surface area contributed by atoms with E-state index in [1.807, 2.05) is 30.3 Å². The number of carbonyl (C=O) groups excluding carboxylic acids is 1. The lowest BCUT2D eigenvalue weighted by molar-refractivity contribution is 0.0872. The van der Waals surface area contributed by atoms with Crippen LogP contribution in [0.4, 0.5) is 0 Å². The third-order valence-corrected chi connectivity index (χ3v) is 6.21. The topological polar surface area (TPSA) is 75.7 Å². The molecule has 0 saturated heterocycles. The largest absolute Gasteiger partial charge is 0.497 e. The van der Waals surface area contributed by atoms with Gasteiger partial charge < -0.3 is 28.4 Å². The van der Waals surface area contributed by atoms with E-state index in [0.29, 0.717) is 53.9 Å². The number of fused-ring (bicyclic) bond motifs is 3. The lowest BCUT2D eigenvalue weighted by atomic mass is 10.0. The Morgan fingerprint density at radius 2 is 1.72 bits per heavy atom. The smallest absolute Gasteiger partial charge is 0.231 e. The Morgan fingerprint density at radius 1 is 0.944 bits per heavy atom. The van der Waals surface area contributed by atoms with Gasteiger partial charge in [0.1, 0.15) is 24.0 Å². The lowest BCUT2D eigenvalue weighted by Crippen LogP contribution is -2.31. The van der Waals surface area contributed by atoms with Crippen molar-refractivity contribution < 1.29 is 33.2 Å². The first-order valence-corrected chi connectivity index (χ1v) is 11.4. The van der Waals surface area contributed by atoms with Crippen LogP contribution >= 0.6 is 0 Å². The second-order valence-electron chi connectivity index (χ2n) is 8.43. The molecule has 0 radical (unpaired) electrons. The molecule has 2 heterocycles. The van der Waals surface area contributed by atoms with Crippen molar-refractivity contribution in [3.8, 4) is 34.5 Å². The summed E-state index contributed by atoms with van der Waals surface area (Å²) in [4.78, 5) is 15.4. The Morgan fingerprint density at radius 3 is 2.42 bits per heavy atom. The van der Waals surface area contributed by atoms with Gasteiger partial charge in [0, 0.05) is 13.1 Å². The molecular weight excluding hydrogens is 462 g/mol. The molecule has 0 spiro atoms. The molecule has 0 bridgehead atoms. The molecule has 36 heavy (non-hydrogen) atoms. The summed E-state index contributed by atoms with van der Waals surface area (Å²) in [5.41, 5.74) is 3.15. The highest BCUT2D eigenvalue weighted by Gasteiger charge is 2.33. The van der Waals surface area contributed by atoms with Crippen LogP contribution in [0, 0.1) is 0 Å². The summed E-state index contributed by atoms with van der Waals surface area (Å²) in [6.07, 6.45) is 1.68. The van der Waals surface area contributed by atoms with Crippen molar-refractivity contribution in [3.05, 3.63) is 76.5 Å². The van der Waals surface area contributed by atoms with Gasteiger partial charge in [-0.3, -0.25) is 9.69 Å². The normalized spacial score (nSPS) is 15.6. The van der Waals surface area contributed by atoms with Crippen molar-refractivity contribution in [1.82, 2.24) is 4.90 Å².